The van der Waals surface area contributed by atoms with Crippen molar-refractivity contribution in [3.05, 3.63) is 54.2 Å². The van der Waals surface area contributed by atoms with Gasteiger partial charge in [0.05, 0.1) is 0 Å². The van der Waals surface area contributed by atoms with Gasteiger partial charge >= 0.3 is 0 Å². The zero-order chi connectivity index (χ0) is 10.8. The molecule has 0 saturated carbocycles. The van der Waals surface area contributed by atoms with Crippen molar-refractivity contribution in [2.24, 2.45) is 0 Å². The Morgan fingerprint density at radius 3 is 2.47 bits per heavy atom. The van der Waals surface area contributed by atoms with Crippen molar-refractivity contribution in [1.29, 1.82) is 0 Å². The molecule has 5 heteroatoms. The van der Waals surface area contributed by atoms with E-state index in [1.807, 2.05) is 12.1 Å². The van der Waals surface area contributed by atoms with Crippen LogP contribution in [0.15, 0.2) is 41.5 Å². The van der Waals surface area contributed by atoms with Gasteiger partial charge in [-0.3, -0.25) is 9.36 Å². The zero-order valence-corrected chi connectivity index (χ0v) is 11.8. The van der Waals surface area contributed by atoms with Crippen molar-refractivity contribution < 1.29 is 0 Å². The Morgan fingerprint density at radius 2 is 1.80 bits per heavy atom. The largest absolute Gasteiger partial charge is 0.269 e. The summed E-state index contributed by atoms with van der Waals surface area (Å²) in [6.45, 7) is 0. The first-order chi connectivity index (χ1) is 7.16. The van der Waals surface area contributed by atoms with E-state index in [0.29, 0.717) is 5.82 Å². The summed E-state index contributed by atoms with van der Waals surface area (Å²) in [7, 11) is 0. The minimum Gasteiger partial charge on any atom is -0.269 e. The second-order valence-electron chi connectivity index (χ2n) is 2.89. The fraction of sp³-hybridized carbons (Fsp3) is 0. The standard InChI is InChI=1S/C10H6I2N2O/c11-7-1-3-9(13-5-7)14-6-8(12)2-4-10(14)15/h1-6H. The lowest BCUT2D eigenvalue weighted by molar-refractivity contribution is 0.933. The number of rotatable bonds is 1. The second-order valence-corrected chi connectivity index (χ2v) is 5.38. The van der Waals surface area contributed by atoms with E-state index in [0.717, 1.165) is 7.14 Å². The van der Waals surface area contributed by atoms with Gasteiger partial charge in [0.1, 0.15) is 5.82 Å². The Morgan fingerprint density at radius 1 is 1.07 bits per heavy atom. The van der Waals surface area contributed by atoms with E-state index >= 15 is 0 Å². The summed E-state index contributed by atoms with van der Waals surface area (Å²) in [6.07, 6.45) is 3.51. The van der Waals surface area contributed by atoms with E-state index in [1.165, 1.54) is 4.57 Å². The van der Waals surface area contributed by atoms with Gasteiger partial charge in [0.2, 0.25) is 0 Å². The van der Waals surface area contributed by atoms with E-state index in [1.54, 1.807) is 24.5 Å². The van der Waals surface area contributed by atoms with Crippen LogP contribution in [0.2, 0.25) is 0 Å². The number of hydrogen-bond acceptors (Lipinski definition) is 2. The van der Waals surface area contributed by atoms with Crippen LogP contribution in [-0.4, -0.2) is 9.55 Å². The smallest absolute Gasteiger partial charge is 0.256 e. The number of aromatic nitrogens is 2. The molecule has 2 aromatic rings. The molecule has 0 spiro atoms. The maximum Gasteiger partial charge on any atom is 0.256 e. The molecule has 0 unspecified atom stereocenters. The van der Waals surface area contributed by atoms with Crippen LogP contribution in [0.1, 0.15) is 0 Å². The molecule has 0 saturated heterocycles. The average molecular weight is 424 g/mol. The number of hydrogen-bond donors (Lipinski definition) is 0. The van der Waals surface area contributed by atoms with Crippen LogP contribution < -0.4 is 5.56 Å². The van der Waals surface area contributed by atoms with Gasteiger partial charge in [0.25, 0.3) is 5.56 Å². The summed E-state index contributed by atoms with van der Waals surface area (Å²) in [4.78, 5) is 15.8. The van der Waals surface area contributed by atoms with E-state index < -0.39 is 0 Å². The highest BCUT2D eigenvalue weighted by Crippen LogP contribution is 2.07. The summed E-state index contributed by atoms with van der Waals surface area (Å²) >= 11 is 4.35. The van der Waals surface area contributed by atoms with Crippen molar-refractivity contribution in [3.8, 4) is 5.82 Å². The number of pyridine rings is 2. The van der Waals surface area contributed by atoms with Crippen molar-refractivity contribution in [1.82, 2.24) is 9.55 Å². The molecule has 76 valence electrons. The molecule has 0 N–H and O–H groups in total. The minimum atomic E-state index is -0.0656. The number of nitrogens with zero attached hydrogens (tertiary/aromatic N) is 2. The molecule has 0 aliphatic rings. The molecule has 0 aliphatic carbocycles. The van der Waals surface area contributed by atoms with Crippen LogP contribution in [0.3, 0.4) is 0 Å². The van der Waals surface area contributed by atoms with Crippen LogP contribution in [0.5, 0.6) is 0 Å². The molecule has 0 atom stereocenters. The van der Waals surface area contributed by atoms with Crippen molar-refractivity contribution in [2.75, 3.05) is 0 Å². The molecule has 2 rings (SSSR count). The van der Waals surface area contributed by atoms with Gasteiger partial charge in [-0.05, 0) is 63.4 Å². The topological polar surface area (TPSA) is 34.9 Å². The van der Waals surface area contributed by atoms with Crippen LogP contribution >= 0.6 is 45.2 Å². The lowest BCUT2D eigenvalue weighted by atomic mass is 10.4. The van der Waals surface area contributed by atoms with Crippen LogP contribution in [-0.2, 0) is 0 Å². The maximum atomic E-state index is 11.6. The molecule has 2 aromatic heterocycles. The fourth-order valence-corrected chi connectivity index (χ4v) is 1.93. The Balaban J connectivity index is 2.58. The third-order valence-corrected chi connectivity index (χ3v) is 3.11. The van der Waals surface area contributed by atoms with Crippen molar-refractivity contribution >= 4 is 45.2 Å². The van der Waals surface area contributed by atoms with Gasteiger partial charge in [-0.2, -0.15) is 0 Å². The first kappa shape index (κ1) is 11.1. The molecule has 0 amide bonds. The highest BCUT2D eigenvalue weighted by molar-refractivity contribution is 14.1. The van der Waals surface area contributed by atoms with Gasteiger partial charge in [0, 0.05) is 25.6 Å². The summed E-state index contributed by atoms with van der Waals surface area (Å²) in [6, 6.07) is 7.09. The van der Waals surface area contributed by atoms with E-state index in [2.05, 4.69) is 50.2 Å². The highest BCUT2D eigenvalue weighted by Gasteiger charge is 2.00. The predicted octanol–water partition coefficient (Wildman–Crippen LogP) is 2.44. The Hall–Kier alpha value is -0.440. The Labute approximate surface area is 114 Å². The molecule has 0 fully saturated rings. The molecule has 3 nitrogen and oxygen atoms in total. The van der Waals surface area contributed by atoms with Gasteiger partial charge in [-0.25, -0.2) is 4.98 Å². The summed E-state index contributed by atoms with van der Waals surface area (Å²) in [5.41, 5.74) is -0.0656. The molecular formula is C10H6I2N2O. The quantitative estimate of drug-likeness (QED) is 0.660. The number of halogens is 2. The second kappa shape index (κ2) is 4.60. The predicted molar refractivity (Wildman–Crippen MR) is 75.3 cm³/mol. The van der Waals surface area contributed by atoms with Crippen molar-refractivity contribution in [3.63, 3.8) is 0 Å². The Bertz CT molecular complexity index is 534. The maximum absolute atomic E-state index is 11.6. The Kier molecular flexibility index (Phi) is 3.39. The first-order valence-corrected chi connectivity index (χ1v) is 6.33. The normalized spacial score (nSPS) is 10.3. The van der Waals surface area contributed by atoms with Crippen molar-refractivity contribution in [2.45, 2.75) is 0 Å². The van der Waals surface area contributed by atoms with E-state index in [4.69, 9.17) is 0 Å². The molecule has 0 aromatic carbocycles. The van der Waals surface area contributed by atoms with E-state index in [-0.39, 0.29) is 5.56 Å². The SMILES string of the molecule is O=c1ccc(I)cn1-c1ccc(I)cn1. The third kappa shape index (κ3) is 2.57. The lowest BCUT2D eigenvalue weighted by Gasteiger charge is -2.04. The molecule has 2 heterocycles. The summed E-state index contributed by atoms with van der Waals surface area (Å²) in [5, 5.41) is 0. The fourth-order valence-electron chi connectivity index (χ4n) is 1.15. The van der Waals surface area contributed by atoms with E-state index in [9.17, 15) is 4.79 Å². The minimum absolute atomic E-state index is 0.0656. The molecule has 0 bridgehead atoms. The highest BCUT2D eigenvalue weighted by atomic mass is 127. The van der Waals surface area contributed by atoms with Crippen LogP contribution in [0, 0.1) is 7.14 Å². The average Bonchev–Trinajstić information content (AvgIpc) is 2.23. The molecule has 0 radical (unpaired) electrons. The third-order valence-electron chi connectivity index (χ3n) is 1.83. The van der Waals surface area contributed by atoms with Gasteiger partial charge < -0.3 is 0 Å². The monoisotopic (exact) mass is 424 g/mol. The summed E-state index contributed by atoms with van der Waals surface area (Å²) < 4.78 is 3.60. The molecule has 15 heavy (non-hydrogen) atoms. The molecule has 0 aliphatic heterocycles. The van der Waals surface area contributed by atoms with Gasteiger partial charge in [-0.1, -0.05) is 0 Å². The van der Waals surface area contributed by atoms with Gasteiger partial charge in [0.15, 0.2) is 0 Å². The van der Waals surface area contributed by atoms with Crippen LogP contribution in [0.4, 0.5) is 0 Å². The first-order valence-electron chi connectivity index (χ1n) is 4.17. The van der Waals surface area contributed by atoms with Crippen LogP contribution in [0.25, 0.3) is 5.82 Å². The lowest BCUT2D eigenvalue weighted by Crippen LogP contribution is -2.17. The van der Waals surface area contributed by atoms with Gasteiger partial charge in [-0.15, -0.1) is 0 Å². The summed E-state index contributed by atoms with van der Waals surface area (Å²) in [5.74, 6) is 0.652. The molecular weight excluding hydrogens is 418 g/mol. The zero-order valence-electron chi connectivity index (χ0n) is 7.52.